The van der Waals surface area contributed by atoms with Crippen LogP contribution < -0.4 is 4.74 Å². The highest BCUT2D eigenvalue weighted by Crippen LogP contribution is 2.36. The number of hydrogen-bond donors (Lipinski definition) is 0. The molecule has 0 aliphatic rings. The fourth-order valence-electron chi connectivity index (χ4n) is 3.26. The maximum atomic E-state index is 13.6. The number of rotatable bonds is 6. The van der Waals surface area contributed by atoms with Crippen LogP contribution in [0.15, 0.2) is 54.7 Å². The predicted molar refractivity (Wildman–Crippen MR) is 120 cm³/mol. The molecular weight excluding hydrogens is 493 g/mol. The van der Waals surface area contributed by atoms with Crippen LogP contribution in [0.25, 0.3) is 11.1 Å². The number of pyridine rings is 1. The molecule has 0 aliphatic carbocycles. The van der Waals surface area contributed by atoms with Gasteiger partial charge in [-0.05, 0) is 55.3 Å². The summed E-state index contributed by atoms with van der Waals surface area (Å²) in [6.45, 7) is 3.30. The molecular formula is C25H23F7N2O2. The van der Waals surface area contributed by atoms with Crippen molar-refractivity contribution in [3.63, 3.8) is 0 Å². The molecule has 0 saturated heterocycles. The first-order chi connectivity index (χ1) is 16.8. The first kappa shape index (κ1) is 28.6. The zero-order chi connectivity index (χ0) is 27.1. The van der Waals surface area contributed by atoms with Gasteiger partial charge in [-0.15, -0.1) is 0 Å². The van der Waals surface area contributed by atoms with Gasteiger partial charge in [-0.1, -0.05) is 18.2 Å². The van der Waals surface area contributed by atoms with Crippen molar-refractivity contribution in [1.29, 1.82) is 0 Å². The molecule has 11 heteroatoms. The summed E-state index contributed by atoms with van der Waals surface area (Å²) in [6.07, 6.45) is -7.77. The number of carbonyl (C=O) groups is 1. The van der Waals surface area contributed by atoms with Crippen molar-refractivity contribution < 1.29 is 40.3 Å². The Balaban J connectivity index is 0.000000259. The van der Waals surface area contributed by atoms with E-state index in [1.54, 1.807) is 38.4 Å². The summed E-state index contributed by atoms with van der Waals surface area (Å²) in [5, 5.41) is 0. The number of nitrogens with zero attached hydrogens (tertiary/aromatic N) is 2. The Morgan fingerprint density at radius 1 is 0.944 bits per heavy atom. The summed E-state index contributed by atoms with van der Waals surface area (Å²) in [6, 6.07) is 9.75. The Kier molecular flexibility index (Phi) is 9.43. The van der Waals surface area contributed by atoms with Crippen LogP contribution in [0, 0.1) is 12.7 Å². The zero-order valence-electron chi connectivity index (χ0n) is 19.5. The van der Waals surface area contributed by atoms with Gasteiger partial charge in [0.1, 0.15) is 5.82 Å². The van der Waals surface area contributed by atoms with Gasteiger partial charge in [0, 0.05) is 30.4 Å². The van der Waals surface area contributed by atoms with Crippen molar-refractivity contribution in [2.75, 3.05) is 13.7 Å². The van der Waals surface area contributed by atoms with E-state index in [-0.39, 0.29) is 30.5 Å². The third-order valence-corrected chi connectivity index (χ3v) is 5.10. The van der Waals surface area contributed by atoms with Crippen molar-refractivity contribution in [3.8, 4) is 17.0 Å². The molecule has 0 spiro atoms. The normalized spacial score (nSPS) is 11.4. The van der Waals surface area contributed by atoms with Crippen LogP contribution >= 0.6 is 0 Å². The first-order valence-corrected chi connectivity index (χ1v) is 10.5. The van der Waals surface area contributed by atoms with Crippen LogP contribution in [0.4, 0.5) is 30.7 Å². The molecule has 4 nitrogen and oxygen atoms in total. The average molecular weight is 516 g/mol. The van der Waals surface area contributed by atoms with Crippen molar-refractivity contribution in [3.05, 3.63) is 82.8 Å². The van der Waals surface area contributed by atoms with Gasteiger partial charge in [0.15, 0.2) is 0 Å². The smallest absolute Gasteiger partial charge is 0.416 e. The first-order valence-electron chi connectivity index (χ1n) is 10.5. The number of halogens is 7. The van der Waals surface area contributed by atoms with Crippen molar-refractivity contribution in [1.82, 2.24) is 9.88 Å². The van der Waals surface area contributed by atoms with Gasteiger partial charge in [0.25, 0.3) is 0 Å². The minimum atomic E-state index is -4.88. The second-order valence-electron chi connectivity index (χ2n) is 7.56. The molecule has 2 aromatic carbocycles. The summed E-state index contributed by atoms with van der Waals surface area (Å²) >= 11 is 0. The Labute approximate surface area is 203 Å². The van der Waals surface area contributed by atoms with Crippen LogP contribution in [-0.4, -0.2) is 29.9 Å². The molecule has 194 valence electrons. The summed E-state index contributed by atoms with van der Waals surface area (Å²) in [5.74, 6) is 0.291. The number of carbonyl (C=O) groups excluding carboxylic acids is 1. The molecule has 0 atom stereocenters. The van der Waals surface area contributed by atoms with E-state index in [0.29, 0.717) is 30.0 Å². The van der Waals surface area contributed by atoms with E-state index in [0.717, 1.165) is 16.0 Å². The summed E-state index contributed by atoms with van der Waals surface area (Å²) in [4.78, 5) is 15.7. The van der Waals surface area contributed by atoms with Gasteiger partial charge in [0.2, 0.25) is 12.3 Å². The highest BCUT2D eigenvalue weighted by atomic mass is 19.4. The SMILES string of the molecule is CCN(C=O)Cc1cc(C(F)(F)F)cc(C(F)(F)F)c1.COc1nccc(-c2ccccc2F)c1C. The molecule has 3 aromatic rings. The van der Waals surface area contributed by atoms with E-state index >= 15 is 0 Å². The van der Waals surface area contributed by atoms with E-state index in [9.17, 15) is 35.5 Å². The number of aromatic nitrogens is 1. The van der Waals surface area contributed by atoms with Crippen LogP contribution in [0.3, 0.4) is 0 Å². The largest absolute Gasteiger partial charge is 0.481 e. The van der Waals surface area contributed by atoms with Crippen LogP contribution in [0.1, 0.15) is 29.2 Å². The molecule has 3 rings (SSSR count). The van der Waals surface area contributed by atoms with Crippen LogP contribution in [0.5, 0.6) is 5.88 Å². The predicted octanol–water partition coefficient (Wildman–Crippen LogP) is 6.91. The molecule has 36 heavy (non-hydrogen) atoms. The van der Waals surface area contributed by atoms with E-state index < -0.39 is 23.5 Å². The number of benzene rings is 2. The third kappa shape index (κ3) is 7.43. The summed E-state index contributed by atoms with van der Waals surface area (Å²) in [7, 11) is 1.56. The number of methoxy groups -OCH3 is 1. The maximum Gasteiger partial charge on any atom is 0.416 e. The lowest BCUT2D eigenvalue weighted by atomic mass is 10.0. The fraction of sp³-hybridized carbons (Fsp3) is 0.280. The van der Waals surface area contributed by atoms with Crippen LogP contribution in [-0.2, 0) is 23.7 Å². The fourth-order valence-corrected chi connectivity index (χ4v) is 3.26. The lowest BCUT2D eigenvalue weighted by molar-refractivity contribution is -0.143. The average Bonchev–Trinajstić information content (AvgIpc) is 2.82. The van der Waals surface area contributed by atoms with Gasteiger partial charge in [-0.25, -0.2) is 9.37 Å². The topological polar surface area (TPSA) is 42.4 Å². The quantitative estimate of drug-likeness (QED) is 0.264. The van der Waals surface area contributed by atoms with Gasteiger partial charge < -0.3 is 9.64 Å². The minimum Gasteiger partial charge on any atom is -0.481 e. The molecule has 0 aliphatic heterocycles. The van der Waals surface area contributed by atoms with Gasteiger partial charge in [-0.2, -0.15) is 26.3 Å². The minimum absolute atomic E-state index is 0.0562. The molecule has 0 fully saturated rings. The lowest BCUT2D eigenvalue weighted by Crippen LogP contribution is -2.21. The molecule has 0 radical (unpaired) electrons. The van der Waals surface area contributed by atoms with Gasteiger partial charge >= 0.3 is 12.4 Å². The van der Waals surface area contributed by atoms with Crippen LogP contribution in [0.2, 0.25) is 0 Å². The molecule has 0 unspecified atom stereocenters. The number of hydrogen-bond acceptors (Lipinski definition) is 3. The molecule has 0 N–H and O–H groups in total. The lowest BCUT2D eigenvalue weighted by Gasteiger charge is -2.18. The van der Waals surface area contributed by atoms with Gasteiger partial charge in [0.05, 0.1) is 18.2 Å². The van der Waals surface area contributed by atoms with Crippen molar-refractivity contribution >= 4 is 6.41 Å². The van der Waals surface area contributed by atoms with Crippen molar-refractivity contribution in [2.45, 2.75) is 32.7 Å². The van der Waals surface area contributed by atoms with E-state index in [2.05, 4.69) is 4.98 Å². The molecule has 1 aromatic heterocycles. The standard InChI is InChI=1S/C13H12FNO.C12H11F6NO/c1-9-10(7-8-15-13(9)16-2)11-5-3-4-6-12(11)14;1-2-19(7-20)6-8-3-9(11(13,14)15)5-10(4-8)12(16,17)18/h3-8H,1-2H3;3-5,7H,2,6H2,1H3. The Hall–Kier alpha value is -3.63. The van der Waals surface area contributed by atoms with E-state index in [1.807, 2.05) is 13.0 Å². The third-order valence-electron chi connectivity index (χ3n) is 5.10. The highest BCUT2D eigenvalue weighted by Gasteiger charge is 2.36. The summed E-state index contributed by atoms with van der Waals surface area (Å²) in [5.41, 5.74) is -0.768. The number of alkyl halides is 6. The Morgan fingerprint density at radius 3 is 2.00 bits per heavy atom. The van der Waals surface area contributed by atoms with Gasteiger partial charge in [-0.3, -0.25) is 4.79 Å². The summed E-state index contributed by atoms with van der Waals surface area (Å²) < 4.78 is 94.3. The highest BCUT2D eigenvalue weighted by molar-refractivity contribution is 5.69. The Bertz CT molecular complexity index is 1150. The zero-order valence-corrected chi connectivity index (χ0v) is 19.5. The second kappa shape index (κ2) is 11.9. The van der Waals surface area contributed by atoms with E-state index in [4.69, 9.17) is 4.74 Å². The number of ether oxygens (including phenoxy) is 1. The second-order valence-corrected chi connectivity index (χ2v) is 7.56. The van der Waals surface area contributed by atoms with E-state index in [1.165, 1.54) is 6.07 Å². The molecule has 0 bridgehead atoms. The Morgan fingerprint density at radius 2 is 1.53 bits per heavy atom. The monoisotopic (exact) mass is 516 g/mol. The number of amides is 1. The molecule has 1 heterocycles. The molecule has 1 amide bonds. The van der Waals surface area contributed by atoms with Crippen molar-refractivity contribution in [2.24, 2.45) is 0 Å². The maximum absolute atomic E-state index is 13.6. The molecule has 0 saturated carbocycles.